The average molecular weight is 232 g/mol. The van der Waals surface area contributed by atoms with Gasteiger partial charge in [-0.2, -0.15) is 0 Å². The number of aliphatic hydroxyl groups excluding tert-OH is 1. The molecule has 0 aromatic carbocycles. The van der Waals surface area contributed by atoms with Crippen LogP contribution in [0.2, 0.25) is 0 Å². The van der Waals surface area contributed by atoms with Crippen molar-refractivity contribution >= 4 is 0 Å². The van der Waals surface area contributed by atoms with Crippen LogP contribution in [0.1, 0.15) is 25.1 Å². The Kier molecular flexibility index (Phi) is 1.99. The molecule has 0 spiro atoms. The first-order valence-corrected chi connectivity index (χ1v) is 6.90. The van der Waals surface area contributed by atoms with Gasteiger partial charge in [0.05, 0.1) is 6.10 Å². The molecule has 5 atom stereocenters. The number of nitrogens with zero attached hydrogens (tertiary/aromatic N) is 2. The molecule has 4 rings (SSSR count). The van der Waals surface area contributed by atoms with Crippen LogP contribution in [-0.2, 0) is 13.5 Å². The first-order valence-electron chi connectivity index (χ1n) is 6.90. The van der Waals surface area contributed by atoms with Gasteiger partial charge >= 0.3 is 0 Å². The Labute approximate surface area is 102 Å². The molecule has 1 aromatic rings. The highest BCUT2D eigenvalue weighted by atomic mass is 16.3. The van der Waals surface area contributed by atoms with E-state index in [1.54, 1.807) is 0 Å². The van der Waals surface area contributed by atoms with Gasteiger partial charge in [0.25, 0.3) is 0 Å². The van der Waals surface area contributed by atoms with E-state index in [2.05, 4.69) is 4.98 Å². The minimum atomic E-state index is -0.158. The van der Waals surface area contributed by atoms with Crippen molar-refractivity contribution in [2.75, 3.05) is 0 Å². The maximum absolute atomic E-state index is 10.4. The standard InChI is InChI=1S/C14H20N2O/c1-16-5-4-15-11(16)7-10(17)14-12-8-2-3-9(6-8)13(12)14/h4-5,8-10,12-14,17H,2-3,6-7H2,1H3. The van der Waals surface area contributed by atoms with E-state index in [9.17, 15) is 5.11 Å². The lowest BCUT2D eigenvalue weighted by molar-refractivity contribution is 0.126. The van der Waals surface area contributed by atoms with Crippen molar-refractivity contribution in [3.63, 3.8) is 0 Å². The highest BCUT2D eigenvalue weighted by Gasteiger charge is 2.66. The van der Waals surface area contributed by atoms with E-state index in [4.69, 9.17) is 0 Å². The Bertz CT molecular complexity index is 425. The number of rotatable bonds is 3. The first-order chi connectivity index (χ1) is 8.25. The second-order valence-corrected chi connectivity index (χ2v) is 6.29. The van der Waals surface area contributed by atoms with Crippen molar-refractivity contribution in [3.8, 4) is 0 Å². The van der Waals surface area contributed by atoms with E-state index in [1.165, 1.54) is 19.3 Å². The average Bonchev–Trinajstić information content (AvgIpc) is 2.64. The second kappa shape index (κ2) is 3.35. The summed E-state index contributed by atoms with van der Waals surface area (Å²) in [6, 6.07) is 0. The summed E-state index contributed by atoms with van der Waals surface area (Å²) in [7, 11) is 2.01. The fourth-order valence-electron chi connectivity index (χ4n) is 4.82. The molecule has 92 valence electrons. The van der Waals surface area contributed by atoms with Crippen LogP contribution < -0.4 is 0 Å². The van der Waals surface area contributed by atoms with Crippen LogP contribution in [0.4, 0.5) is 0 Å². The Morgan fingerprint density at radius 1 is 1.41 bits per heavy atom. The fourth-order valence-corrected chi connectivity index (χ4v) is 4.82. The minimum Gasteiger partial charge on any atom is -0.392 e. The molecule has 2 bridgehead atoms. The van der Waals surface area contributed by atoms with E-state index < -0.39 is 0 Å². The molecule has 1 heterocycles. The van der Waals surface area contributed by atoms with Crippen LogP contribution in [0.25, 0.3) is 0 Å². The predicted octanol–water partition coefficient (Wildman–Crippen LogP) is 1.62. The normalized spacial score (nSPS) is 43.8. The molecule has 5 unspecified atom stereocenters. The maximum atomic E-state index is 10.4. The van der Waals surface area contributed by atoms with Crippen molar-refractivity contribution in [3.05, 3.63) is 18.2 Å². The SMILES string of the molecule is Cn1ccnc1CC(O)C1C2C3CCC(C3)C12. The van der Waals surface area contributed by atoms with Crippen molar-refractivity contribution in [1.29, 1.82) is 0 Å². The smallest absolute Gasteiger partial charge is 0.110 e. The lowest BCUT2D eigenvalue weighted by Crippen LogP contribution is -2.20. The number of hydrogen-bond donors (Lipinski definition) is 1. The summed E-state index contributed by atoms with van der Waals surface area (Å²) in [5.74, 6) is 5.25. The van der Waals surface area contributed by atoms with E-state index in [-0.39, 0.29) is 6.10 Å². The zero-order valence-corrected chi connectivity index (χ0v) is 10.3. The predicted molar refractivity (Wildman–Crippen MR) is 64.2 cm³/mol. The van der Waals surface area contributed by atoms with Gasteiger partial charge in [0.1, 0.15) is 5.82 Å². The summed E-state index contributed by atoms with van der Waals surface area (Å²) < 4.78 is 2.02. The summed E-state index contributed by atoms with van der Waals surface area (Å²) in [4.78, 5) is 4.32. The number of imidazole rings is 1. The van der Waals surface area contributed by atoms with Gasteiger partial charge in [-0.05, 0) is 48.9 Å². The summed E-state index contributed by atoms with van der Waals surface area (Å²) in [6.45, 7) is 0. The Hall–Kier alpha value is -0.830. The Balaban J connectivity index is 1.46. The van der Waals surface area contributed by atoms with Crippen LogP contribution in [-0.4, -0.2) is 20.8 Å². The van der Waals surface area contributed by atoms with Crippen LogP contribution in [0.15, 0.2) is 12.4 Å². The number of fused-ring (bicyclic) bond motifs is 5. The second-order valence-electron chi connectivity index (χ2n) is 6.29. The van der Waals surface area contributed by atoms with Crippen molar-refractivity contribution < 1.29 is 5.11 Å². The summed E-state index contributed by atoms with van der Waals surface area (Å²) >= 11 is 0. The maximum Gasteiger partial charge on any atom is 0.110 e. The van der Waals surface area contributed by atoms with Gasteiger partial charge < -0.3 is 9.67 Å². The number of hydrogen-bond acceptors (Lipinski definition) is 2. The highest BCUT2D eigenvalue weighted by Crippen LogP contribution is 2.70. The Morgan fingerprint density at radius 3 is 2.71 bits per heavy atom. The van der Waals surface area contributed by atoms with E-state index >= 15 is 0 Å². The van der Waals surface area contributed by atoms with Gasteiger partial charge in [-0.3, -0.25) is 0 Å². The van der Waals surface area contributed by atoms with Crippen LogP contribution in [0.3, 0.4) is 0 Å². The molecule has 0 aliphatic heterocycles. The third kappa shape index (κ3) is 1.35. The molecular weight excluding hydrogens is 212 g/mol. The van der Waals surface area contributed by atoms with E-state index in [1.807, 2.05) is 24.0 Å². The topological polar surface area (TPSA) is 38.0 Å². The molecule has 1 N–H and O–H groups in total. The zero-order chi connectivity index (χ0) is 11.6. The van der Waals surface area contributed by atoms with Crippen LogP contribution >= 0.6 is 0 Å². The lowest BCUT2D eigenvalue weighted by atomic mass is 9.97. The first kappa shape index (κ1) is 10.1. The quantitative estimate of drug-likeness (QED) is 0.860. The molecule has 3 nitrogen and oxygen atoms in total. The van der Waals surface area contributed by atoms with Crippen LogP contribution in [0, 0.1) is 29.6 Å². The number of aryl methyl sites for hydroxylation is 1. The molecule has 0 saturated heterocycles. The van der Waals surface area contributed by atoms with Gasteiger partial charge in [-0.1, -0.05) is 0 Å². The molecule has 0 amide bonds. The summed E-state index contributed by atoms with van der Waals surface area (Å²) in [5.41, 5.74) is 0. The highest BCUT2D eigenvalue weighted by molar-refractivity contribution is 5.15. The van der Waals surface area contributed by atoms with Crippen LogP contribution in [0.5, 0.6) is 0 Å². The molecule has 3 aliphatic rings. The van der Waals surface area contributed by atoms with Crippen molar-refractivity contribution in [2.45, 2.75) is 31.8 Å². The fraction of sp³-hybridized carbons (Fsp3) is 0.786. The molecule has 1 aromatic heterocycles. The molecule has 3 fully saturated rings. The largest absolute Gasteiger partial charge is 0.392 e. The van der Waals surface area contributed by atoms with Crippen molar-refractivity contribution in [1.82, 2.24) is 9.55 Å². The van der Waals surface area contributed by atoms with E-state index in [0.717, 1.165) is 35.9 Å². The molecule has 3 saturated carbocycles. The van der Waals surface area contributed by atoms with Gasteiger partial charge in [0.15, 0.2) is 0 Å². The summed E-state index contributed by atoms with van der Waals surface area (Å²) in [5, 5.41) is 10.4. The molecule has 0 radical (unpaired) electrons. The minimum absolute atomic E-state index is 0.158. The summed E-state index contributed by atoms with van der Waals surface area (Å²) in [6.07, 6.45) is 8.67. The van der Waals surface area contributed by atoms with Gasteiger partial charge in [0, 0.05) is 25.9 Å². The monoisotopic (exact) mass is 232 g/mol. The molecule has 3 heteroatoms. The number of aromatic nitrogens is 2. The number of aliphatic hydroxyl groups is 1. The van der Waals surface area contributed by atoms with E-state index in [0.29, 0.717) is 5.92 Å². The van der Waals surface area contributed by atoms with Gasteiger partial charge in [0.2, 0.25) is 0 Å². The molecule has 3 aliphatic carbocycles. The Morgan fingerprint density at radius 2 is 2.12 bits per heavy atom. The lowest BCUT2D eigenvalue weighted by Gasteiger charge is -2.14. The van der Waals surface area contributed by atoms with Gasteiger partial charge in [-0.15, -0.1) is 0 Å². The van der Waals surface area contributed by atoms with Crippen molar-refractivity contribution in [2.24, 2.45) is 36.6 Å². The molecular formula is C14H20N2O. The zero-order valence-electron chi connectivity index (χ0n) is 10.3. The van der Waals surface area contributed by atoms with Gasteiger partial charge in [-0.25, -0.2) is 4.98 Å². The third-order valence-electron chi connectivity index (χ3n) is 5.55. The molecule has 17 heavy (non-hydrogen) atoms. The third-order valence-corrected chi connectivity index (χ3v) is 5.55.